The van der Waals surface area contributed by atoms with Gasteiger partial charge in [-0.2, -0.15) is 5.26 Å². The van der Waals surface area contributed by atoms with Crippen LogP contribution >= 0.6 is 23.2 Å². The third-order valence-electron chi connectivity index (χ3n) is 3.24. The largest absolute Gasteiger partial charge is 0.296 e. The summed E-state index contributed by atoms with van der Waals surface area (Å²) in [5.74, 6) is 1.34. The summed E-state index contributed by atoms with van der Waals surface area (Å²) in [7, 11) is 0. The molecule has 0 aliphatic heterocycles. The summed E-state index contributed by atoms with van der Waals surface area (Å²) in [4.78, 5) is 4.61. The molecule has 0 aliphatic rings. The Balaban J connectivity index is 2.31. The second kappa shape index (κ2) is 5.77. The Kier molecular flexibility index (Phi) is 3.83. The lowest BCUT2D eigenvalue weighted by Gasteiger charge is -2.09. The maximum Gasteiger partial charge on any atom is 0.115 e. The van der Waals surface area contributed by atoms with Gasteiger partial charge in [0.1, 0.15) is 5.82 Å². The molecule has 0 saturated heterocycles. The van der Waals surface area contributed by atoms with Gasteiger partial charge in [0.25, 0.3) is 0 Å². The smallest absolute Gasteiger partial charge is 0.115 e. The first-order valence-corrected chi connectivity index (χ1v) is 7.37. The molecule has 104 valence electrons. The Morgan fingerprint density at radius 3 is 2.76 bits per heavy atom. The number of imidazole rings is 1. The second-order valence-corrected chi connectivity index (χ2v) is 5.41. The fraction of sp³-hybridized carbons (Fsp3) is 0.125. The maximum atomic E-state index is 9.09. The topological polar surface area (TPSA) is 41.6 Å². The van der Waals surface area contributed by atoms with E-state index in [1.807, 2.05) is 41.0 Å². The van der Waals surface area contributed by atoms with Gasteiger partial charge < -0.3 is 0 Å². The standard InChI is InChI=1S/C16H11Cl2N3/c17-7-6-16-20-14-5-4-11(10-19)8-15(14)21(16)13-3-1-2-12(18)9-13/h1-5,8-9H,6-7H2. The molecule has 1 heterocycles. The quantitative estimate of drug-likeness (QED) is 0.675. The molecule has 0 saturated carbocycles. The number of nitriles is 1. The highest BCUT2D eigenvalue weighted by molar-refractivity contribution is 6.30. The summed E-state index contributed by atoms with van der Waals surface area (Å²) in [6.45, 7) is 0. The molecule has 0 fully saturated rings. The molecular weight excluding hydrogens is 305 g/mol. The number of aromatic nitrogens is 2. The van der Waals surface area contributed by atoms with Gasteiger partial charge >= 0.3 is 0 Å². The van der Waals surface area contributed by atoms with E-state index in [0.717, 1.165) is 22.5 Å². The molecule has 0 amide bonds. The lowest BCUT2D eigenvalue weighted by Crippen LogP contribution is -2.02. The van der Waals surface area contributed by atoms with Crippen molar-refractivity contribution in [2.75, 3.05) is 5.88 Å². The van der Waals surface area contributed by atoms with E-state index >= 15 is 0 Å². The van der Waals surface area contributed by atoms with Gasteiger partial charge in [0.2, 0.25) is 0 Å². The average Bonchev–Trinajstić information content (AvgIpc) is 2.84. The molecule has 3 rings (SSSR count). The highest BCUT2D eigenvalue weighted by Gasteiger charge is 2.13. The molecule has 0 unspecified atom stereocenters. The summed E-state index contributed by atoms with van der Waals surface area (Å²) in [5.41, 5.74) is 3.24. The first-order valence-electron chi connectivity index (χ1n) is 6.46. The summed E-state index contributed by atoms with van der Waals surface area (Å²) in [5, 5.41) is 9.75. The van der Waals surface area contributed by atoms with E-state index in [0.29, 0.717) is 22.9 Å². The summed E-state index contributed by atoms with van der Waals surface area (Å²) < 4.78 is 2.00. The van der Waals surface area contributed by atoms with E-state index in [1.165, 1.54) is 0 Å². The van der Waals surface area contributed by atoms with Crippen LogP contribution in [0.1, 0.15) is 11.4 Å². The van der Waals surface area contributed by atoms with Crippen molar-refractivity contribution >= 4 is 34.2 Å². The molecular formula is C16H11Cl2N3. The van der Waals surface area contributed by atoms with E-state index < -0.39 is 0 Å². The van der Waals surface area contributed by atoms with Crippen LogP contribution in [0, 0.1) is 11.3 Å². The van der Waals surface area contributed by atoms with Crippen molar-refractivity contribution in [3.8, 4) is 11.8 Å². The second-order valence-electron chi connectivity index (χ2n) is 4.60. The van der Waals surface area contributed by atoms with Crippen LogP contribution in [0.25, 0.3) is 16.7 Å². The van der Waals surface area contributed by atoms with Crippen molar-refractivity contribution in [2.24, 2.45) is 0 Å². The highest BCUT2D eigenvalue weighted by Crippen LogP contribution is 2.25. The first-order chi connectivity index (χ1) is 10.2. The maximum absolute atomic E-state index is 9.09. The van der Waals surface area contributed by atoms with Gasteiger partial charge in [0.15, 0.2) is 0 Å². The van der Waals surface area contributed by atoms with Crippen molar-refractivity contribution in [3.05, 3.63) is 58.9 Å². The van der Waals surface area contributed by atoms with Crippen LogP contribution in [0.5, 0.6) is 0 Å². The number of hydrogen-bond acceptors (Lipinski definition) is 2. The Morgan fingerprint density at radius 2 is 2.05 bits per heavy atom. The average molecular weight is 316 g/mol. The first kappa shape index (κ1) is 13.9. The third kappa shape index (κ3) is 2.61. The van der Waals surface area contributed by atoms with Crippen LogP contribution < -0.4 is 0 Å². The van der Waals surface area contributed by atoms with Gasteiger partial charge in [-0.25, -0.2) is 4.98 Å². The fourth-order valence-electron chi connectivity index (χ4n) is 2.35. The molecule has 3 aromatic rings. The number of benzene rings is 2. The lowest BCUT2D eigenvalue weighted by atomic mass is 10.2. The zero-order chi connectivity index (χ0) is 14.8. The van der Waals surface area contributed by atoms with E-state index in [2.05, 4.69) is 11.1 Å². The predicted octanol–water partition coefficient (Wildman–Crippen LogP) is 4.33. The summed E-state index contributed by atoms with van der Waals surface area (Å²) >= 11 is 12.0. The van der Waals surface area contributed by atoms with Crippen LogP contribution in [0.4, 0.5) is 0 Å². The number of nitrogens with zero attached hydrogens (tertiary/aromatic N) is 3. The molecule has 0 aliphatic carbocycles. The Morgan fingerprint density at radius 1 is 1.19 bits per heavy atom. The van der Waals surface area contributed by atoms with Crippen molar-refractivity contribution in [3.63, 3.8) is 0 Å². The molecule has 1 aromatic heterocycles. The monoisotopic (exact) mass is 315 g/mol. The molecule has 5 heteroatoms. The van der Waals surface area contributed by atoms with Crippen LogP contribution in [0.2, 0.25) is 5.02 Å². The van der Waals surface area contributed by atoms with Gasteiger partial charge in [-0.3, -0.25) is 4.57 Å². The molecule has 0 bridgehead atoms. The lowest BCUT2D eigenvalue weighted by molar-refractivity contribution is 0.912. The number of rotatable bonds is 3. The highest BCUT2D eigenvalue weighted by atomic mass is 35.5. The number of aryl methyl sites for hydroxylation is 1. The summed E-state index contributed by atoms with van der Waals surface area (Å²) in [6, 6.07) is 15.2. The van der Waals surface area contributed by atoms with Gasteiger partial charge in [-0.1, -0.05) is 17.7 Å². The van der Waals surface area contributed by atoms with Crippen molar-refractivity contribution in [2.45, 2.75) is 6.42 Å². The fourth-order valence-corrected chi connectivity index (χ4v) is 2.70. The molecule has 3 nitrogen and oxygen atoms in total. The van der Waals surface area contributed by atoms with Crippen LogP contribution in [-0.4, -0.2) is 15.4 Å². The summed E-state index contributed by atoms with van der Waals surface area (Å²) in [6.07, 6.45) is 0.643. The SMILES string of the molecule is N#Cc1ccc2nc(CCCl)n(-c3cccc(Cl)c3)c2c1. The van der Waals surface area contributed by atoms with Gasteiger partial charge in [-0.05, 0) is 36.4 Å². The zero-order valence-corrected chi connectivity index (χ0v) is 12.6. The van der Waals surface area contributed by atoms with Crippen LogP contribution in [0.15, 0.2) is 42.5 Å². The number of hydrogen-bond donors (Lipinski definition) is 0. The van der Waals surface area contributed by atoms with Gasteiger partial charge in [0.05, 0.1) is 22.7 Å². The van der Waals surface area contributed by atoms with Crippen molar-refractivity contribution < 1.29 is 0 Å². The number of halogens is 2. The third-order valence-corrected chi connectivity index (χ3v) is 3.66. The van der Waals surface area contributed by atoms with E-state index in [1.54, 1.807) is 6.07 Å². The Bertz CT molecular complexity index is 846. The zero-order valence-electron chi connectivity index (χ0n) is 11.1. The minimum atomic E-state index is 0.481. The van der Waals surface area contributed by atoms with Gasteiger partial charge in [0, 0.05) is 23.0 Å². The van der Waals surface area contributed by atoms with Crippen LogP contribution in [0.3, 0.4) is 0 Å². The van der Waals surface area contributed by atoms with E-state index in [9.17, 15) is 0 Å². The van der Waals surface area contributed by atoms with Crippen LogP contribution in [-0.2, 0) is 6.42 Å². The Hall–Kier alpha value is -2.02. The number of fused-ring (bicyclic) bond motifs is 1. The van der Waals surface area contributed by atoms with E-state index in [-0.39, 0.29) is 0 Å². The minimum Gasteiger partial charge on any atom is -0.296 e. The van der Waals surface area contributed by atoms with Crippen molar-refractivity contribution in [1.29, 1.82) is 5.26 Å². The Labute approximate surface area is 132 Å². The van der Waals surface area contributed by atoms with Gasteiger partial charge in [-0.15, -0.1) is 11.6 Å². The molecule has 2 aromatic carbocycles. The predicted molar refractivity (Wildman–Crippen MR) is 85.2 cm³/mol. The molecule has 0 radical (unpaired) electrons. The van der Waals surface area contributed by atoms with Crippen molar-refractivity contribution in [1.82, 2.24) is 9.55 Å². The molecule has 0 spiro atoms. The minimum absolute atomic E-state index is 0.481. The number of alkyl halides is 1. The molecule has 0 N–H and O–H groups in total. The normalized spacial score (nSPS) is 10.7. The van der Waals surface area contributed by atoms with E-state index in [4.69, 9.17) is 28.5 Å². The molecule has 21 heavy (non-hydrogen) atoms. The molecule has 0 atom stereocenters.